The summed E-state index contributed by atoms with van der Waals surface area (Å²) in [6.07, 6.45) is 4.87. The highest BCUT2D eigenvalue weighted by atomic mass is 32.2. The van der Waals surface area contributed by atoms with Crippen molar-refractivity contribution in [3.05, 3.63) is 77.9 Å². The highest BCUT2D eigenvalue weighted by Gasteiger charge is 2.36. The van der Waals surface area contributed by atoms with Crippen molar-refractivity contribution in [2.75, 3.05) is 24.1 Å². The molecule has 2 heterocycles. The van der Waals surface area contributed by atoms with Gasteiger partial charge in [0.25, 0.3) is 0 Å². The first kappa shape index (κ1) is 29.5. The number of carbonyl (C=O) groups excluding carboxylic acids is 1. The van der Waals surface area contributed by atoms with E-state index in [1.165, 1.54) is 0 Å². The number of benzene rings is 2. The van der Waals surface area contributed by atoms with Crippen molar-refractivity contribution >= 4 is 21.8 Å². The summed E-state index contributed by atoms with van der Waals surface area (Å²) in [5.74, 6) is 0.730. The minimum absolute atomic E-state index is 0.0340. The van der Waals surface area contributed by atoms with Gasteiger partial charge in [0.2, 0.25) is 10.0 Å². The standard InChI is InChI=1S/C29H40N6O4S/c1-29(2,3)26(19-25(39-28(30)36)22-8-6-5-7-9-22)34-16-14-24(15-17-34)35-20-31-27(32-35)18-21-10-12-23(13-11-21)33-40(4,37)38/h5-13,20,24-26,33H,14-19H2,1-4H3,(H2,30,36)/t25-,26?/m0/s1. The van der Waals surface area contributed by atoms with E-state index < -0.39 is 22.2 Å². The molecule has 1 aliphatic heterocycles. The molecule has 0 spiro atoms. The van der Waals surface area contributed by atoms with E-state index in [0.717, 1.165) is 49.1 Å². The van der Waals surface area contributed by atoms with Crippen molar-refractivity contribution in [1.82, 2.24) is 19.7 Å². The summed E-state index contributed by atoms with van der Waals surface area (Å²) in [4.78, 5) is 18.7. The van der Waals surface area contributed by atoms with Gasteiger partial charge in [-0.2, -0.15) is 5.10 Å². The fraction of sp³-hybridized carbons (Fsp3) is 0.483. The molecule has 0 aliphatic carbocycles. The van der Waals surface area contributed by atoms with Crippen LogP contribution in [0.1, 0.15) is 69.1 Å². The Kier molecular flexibility index (Phi) is 9.15. The number of ether oxygens (including phenoxy) is 1. The fourth-order valence-electron chi connectivity index (χ4n) is 5.43. The quantitative estimate of drug-likeness (QED) is 0.367. The molecule has 1 unspecified atom stereocenters. The zero-order chi connectivity index (χ0) is 28.9. The molecule has 0 radical (unpaired) electrons. The molecule has 1 aliphatic rings. The van der Waals surface area contributed by atoms with Crippen LogP contribution in [-0.2, 0) is 21.2 Å². The highest BCUT2D eigenvalue weighted by molar-refractivity contribution is 7.92. The molecule has 2 atom stereocenters. The van der Waals surface area contributed by atoms with Crippen molar-refractivity contribution in [3.63, 3.8) is 0 Å². The number of likely N-dealkylation sites (tertiary alicyclic amines) is 1. The van der Waals surface area contributed by atoms with Crippen molar-refractivity contribution in [2.45, 2.75) is 64.6 Å². The lowest BCUT2D eigenvalue weighted by molar-refractivity contribution is 0.0168. The average molecular weight is 569 g/mol. The lowest BCUT2D eigenvalue weighted by atomic mass is 9.80. The lowest BCUT2D eigenvalue weighted by Gasteiger charge is -2.44. The maximum atomic E-state index is 11.7. The number of sulfonamides is 1. The molecule has 1 aromatic heterocycles. The molecule has 216 valence electrons. The van der Waals surface area contributed by atoms with E-state index in [4.69, 9.17) is 15.6 Å². The third-order valence-electron chi connectivity index (χ3n) is 7.36. The van der Waals surface area contributed by atoms with Gasteiger partial charge in [0, 0.05) is 37.7 Å². The zero-order valence-electron chi connectivity index (χ0n) is 23.7. The van der Waals surface area contributed by atoms with Crippen molar-refractivity contribution in [2.24, 2.45) is 11.1 Å². The van der Waals surface area contributed by atoms with E-state index in [9.17, 15) is 13.2 Å². The number of amides is 1. The van der Waals surface area contributed by atoms with Gasteiger partial charge in [0.05, 0.1) is 12.3 Å². The summed E-state index contributed by atoms with van der Waals surface area (Å²) in [6, 6.07) is 17.5. The second kappa shape index (κ2) is 12.4. The number of anilines is 1. The van der Waals surface area contributed by atoms with Crippen LogP contribution in [0.3, 0.4) is 0 Å². The first-order chi connectivity index (χ1) is 18.9. The Balaban J connectivity index is 1.38. The summed E-state index contributed by atoms with van der Waals surface area (Å²) in [6.45, 7) is 8.47. The summed E-state index contributed by atoms with van der Waals surface area (Å²) in [5, 5.41) is 4.75. The third kappa shape index (κ3) is 8.28. The number of aromatic nitrogens is 3. The highest BCUT2D eigenvalue weighted by Crippen LogP contribution is 2.36. The Morgan fingerprint density at radius 1 is 1.10 bits per heavy atom. The Morgan fingerprint density at radius 3 is 2.33 bits per heavy atom. The van der Waals surface area contributed by atoms with Crippen molar-refractivity contribution in [1.29, 1.82) is 0 Å². The molecule has 1 fully saturated rings. The summed E-state index contributed by atoms with van der Waals surface area (Å²) < 4.78 is 32.9. The molecule has 4 rings (SSSR count). The van der Waals surface area contributed by atoms with Gasteiger partial charge in [0.1, 0.15) is 12.4 Å². The molecule has 1 saturated heterocycles. The second-order valence-electron chi connectivity index (χ2n) is 11.6. The lowest BCUT2D eigenvalue weighted by Crippen LogP contribution is -2.49. The van der Waals surface area contributed by atoms with Gasteiger partial charge >= 0.3 is 6.09 Å². The predicted octanol–water partition coefficient (Wildman–Crippen LogP) is 4.52. The summed E-state index contributed by atoms with van der Waals surface area (Å²) in [5.41, 5.74) is 7.89. The minimum Gasteiger partial charge on any atom is -0.441 e. The smallest absolute Gasteiger partial charge is 0.405 e. The average Bonchev–Trinajstić information content (AvgIpc) is 3.35. The number of primary amides is 1. The van der Waals surface area contributed by atoms with Crippen molar-refractivity contribution in [3.8, 4) is 0 Å². The first-order valence-electron chi connectivity index (χ1n) is 13.6. The zero-order valence-corrected chi connectivity index (χ0v) is 24.5. The van der Waals surface area contributed by atoms with E-state index in [1.807, 2.05) is 53.5 Å². The molecule has 1 amide bonds. The van der Waals surface area contributed by atoms with Crippen LogP contribution in [0.5, 0.6) is 0 Å². The number of nitrogens with zero attached hydrogens (tertiary/aromatic N) is 4. The van der Waals surface area contributed by atoms with E-state index >= 15 is 0 Å². The number of rotatable bonds is 10. The molecule has 0 bridgehead atoms. The molecule has 40 heavy (non-hydrogen) atoms. The normalized spacial score (nSPS) is 16.8. The second-order valence-corrected chi connectivity index (χ2v) is 13.4. The fourth-order valence-corrected chi connectivity index (χ4v) is 5.99. The van der Waals surface area contributed by atoms with Crippen LogP contribution in [0.15, 0.2) is 60.9 Å². The van der Waals surface area contributed by atoms with Gasteiger partial charge in [-0.3, -0.25) is 9.62 Å². The number of hydrogen-bond acceptors (Lipinski definition) is 7. The molecule has 11 heteroatoms. The molecule has 2 aromatic carbocycles. The predicted molar refractivity (Wildman–Crippen MR) is 155 cm³/mol. The maximum absolute atomic E-state index is 11.7. The SMILES string of the molecule is CC(C)(C)C(C[C@H](OC(N)=O)c1ccccc1)N1CCC(n2cnc(Cc3ccc(NS(C)(=O)=O)cc3)n2)CC1. The van der Waals surface area contributed by atoms with Crippen LogP contribution in [0.2, 0.25) is 0 Å². The molecule has 3 N–H and O–H groups in total. The maximum Gasteiger partial charge on any atom is 0.405 e. The van der Waals surface area contributed by atoms with Crippen LogP contribution in [0.4, 0.5) is 10.5 Å². The molecular weight excluding hydrogens is 528 g/mol. The molecule has 0 saturated carbocycles. The monoisotopic (exact) mass is 568 g/mol. The Bertz CT molecular complexity index is 1360. The van der Waals surface area contributed by atoms with E-state index in [-0.39, 0.29) is 17.5 Å². The topological polar surface area (TPSA) is 132 Å². The van der Waals surface area contributed by atoms with Crippen molar-refractivity contribution < 1.29 is 17.9 Å². The Hall–Kier alpha value is -3.44. The van der Waals surface area contributed by atoms with Gasteiger partial charge < -0.3 is 10.5 Å². The summed E-state index contributed by atoms with van der Waals surface area (Å²) >= 11 is 0. The van der Waals surface area contributed by atoms with Gasteiger partial charge in [0.15, 0.2) is 5.82 Å². The third-order valence-corrected chi connectivity index (χ3v) is 7.96. The molecule has 3 aromatic rings. The van der Waals surface area contributed by atoms with E-state index in [1.54, 1.807) is 12.1 Å². The first-order valence-corrected chi connectivity index (χ1v) is 15.5. The van der Waals surface area contributed by atoms with Gasteiger partial charge in [-0.25, -0.2) is 22.9 Å². The minimum atomic E-state index is -3.31. The van der Waals surface area contributed by atoms with Gasteiger partial charge in [-0.05, 0) is 41.5 Å². The van der Waals surface area contributed by atoms with Crippen LogP contribution >= 0.6 is 0 Å². The van der Waals surface area contributed by atoms with Gasteiger partial charge in [-0.1, -0.05) is 63.2 Å². The Labute approximate surface area is 237 Å². The largest absolute Gasteiger partial charge is 0.441 e. The molecule has 10 nitrogen and oxygen atoms in total. The van der Waals surface area contributed by atoms with Crippen LogP contribution < -0.4 is 10.5 Å². The van der Waals surface area contributed by atoms with Crippen LogP contribution in [0, 0.1) is 5.41 Å². The van der Waals surface area contributed by atoms with Crippen LogP contribution in [0.25, 0.3) is 0 Å². The number of piperidine rings is 1. The van der Waals surface area contributed by atoms with Crippen LogP contribution in [-0.4, -0.2) is 59.6 Å². The van der Waals surface area contributed by atoms with E-state index in [2.05, 4.69) is 35.4 Å². The number of nitrogens with two attached hydrogens (primary N) is 1. The summed E-state index contributed by atoms with van der Waals surface area (Å²) in [7, 11) is -3.31. The number of hydrogen-bond donors (Lipinski definition) is 2. The number of nitrogens with one attached hydrogen (secondary N) is 1. The van der Waals surface area contributed by atoms with E-state index in [0.29, 0.717) is 18.5 Å². The Morgan fingerprint density at radius 2 is 1.75 bits per heavy atom. The van der Waals surface area contributed by atoms with Gasteiger partial charge in [-0.15, -0.1) is 0 Å². The number of carbonyl (C=O) groups is 1. The molecular formula is C29H40N6O4S.